The van der Waals surface area contributed by atoms with Gasteiger partial charge in [0.15, 0.2) is 34.2 Å². The Kier molecular flexibility index (Phi) is 17.8. The third-order valence-corrected chi connectivity index (χ3v) is 8.33. The van der Waals surface area contributed by atoms with Crippen molar-refractivity contribution in [2.75, 3.05) is 56.9 Å². The number of nitrogens with zero attached hydrogens (tertiary/aromatic N) is 6. The van der Waals surface area contributed by atoms with Crippen LogP contribution in [0.1, 0.15) is 64.5 Å². The van der Waals surface area contributed by atoms with E-state index in [1.54, 1.807) is 31.0 Å². The lowest BCUT2D eigenvalue weighted by Crippen LogP contribution is -2.26. The molecule has 0 amide bonds. The standard InChI is InChI=1S/C17H20N6O2S.C14H17N5O2S.C6H15NO2/c1-9(2)10-6-13(24-3)11(23-5-4-20-17(23)26)7-12(10)25-14-8-21-16(19)22-15(14)18;1-7(2)8-4-11(20-3)9(19-22)5-10(8)21-12-6-17-14(16)18-13(12)15;1-3-8-6(5-7)9-4-2/h4-9H,1-3H3,(H,20,26)(H4,18,19,21,22);4-7H,1-3H3,(H4,15,16,17,18);6H,3-5,7H2,1-2H3. The molecule has 308 valence electrons. The number of hydrogen-bond acceptors (Lipinski definition) is 18. The predicted molar refractivity (Wildman–Crippen MR) is 226 cm³/mol. The molecular weight excluding hydrogens is 773 g/mol. The molecule has 0 aliphatic rings. The molecule has 3 heterocycles. The highest BCUT2D eigenvalue weighted by molar-refractivity contribution is 7.71. The van der Waals surface area contributed by atoms with Crippen molar-refractivity contribution in [1.82, 2.24) is 29.5 Å². The van der Waals surface area contributed by atoms with Crippen molar-refractivity contribution < 1.29 is 28.4 Å². The Bertz CT molecular complexity index is 2120. The Balaban J connectivity index is 0.000000255. The number of aromatic nitrogens is 6. The normalized spacial score (nSPS) is 10.7. The molecular formula is C37H52N12O6S2. The third kappa shape index (κ3) is 12.7. The number of aromatic amines is 1. The van der Waals surface area contributed by atoms with Crippen LogP contribution >= 0.6 is 12.2 Å². The van der Waals surface area contributed by atoms with E-state index in [1.165, 1.54) is 12.4 Å². The largest absolute Gasteiger partial charge is 0.495 e. The topological polar surface area (TPSA) is 270 Å². The number of nitrogen functional groups attached to an aromatic ring is 4. The molecule has 0 aliphatic carbocycles. The lowest BCUT2D eigenvalue weighted by Gasteiger charge is -2.19. The summed E-state index contributed by atoms with van der Waals surface area (Å²) in [6.45, 7) is 13.8. The third-order valence-electron chi connectivity index (χ3n) is 7.81. The SMILES string of the molecule is CCOC(CN)OCC.COc1cc(C(C)C)c(Oc2cnc(N)nc2N)cc1-n1cc[nH]c1=S.COc1cc(C(C)C)c(Oc2cnc(N)nc2N)cc1N=S. The van der Waals surface area contributed by atoms with Crippen LogP contribution in [0.15, 0.2) is 53.4 Å². The summed E-state index contributed by atoms with van der Waals surface area (Å²) in [7, 11) is 3.18. The van der Waals surface area contributed by atoms with Crippen LogP contribution in [0.3, 0.4) is 0 Å². The van der Waals surface area contributed by atoms with Gasteiger partial charge in [0.1, 0.15) is 28.7 Å². The number of nitrogens with one attached hydrogen (secondary N) is 1. The fourth-order valence-corrected chi connectivity index (χ4v) is 5.42. The second-order valence-corrected chi connectivity index (χ2v) is 13.0. The van der Waals surface area contributed by atoms with E-state index in [0.717, 1.165) is 16.8 Å². The van der Waals surface area contributed by atoms with Crippen molar-refractivity contribution in [3.63, 3.8) is 0 Å². The molecule has 0 bridgehead atoms. The zero-order chi connectivity index (χ0) is 42.2. The number of ether oxygens (including phenoxy) is 6. The number of imidazole rings is 1. The molecule has 0 saturated heterocycles. The van der Waals surface area contributed by atoms with E-state index in [2.05, 4.69) is 43.1 Å². The molecule has 0 radical (unpaired) electrons. The van der Waals surface area contributed by atoms with Gasteiger partial charge in [0.25, 0.3) is 0 Å². The Morgan fingerprint density at radius 3 is 1.61 bits per heavy atom. The second kappa shape index (κ2) is 22.2. The lowest BCUT2D eigenvalue weighted by molar-refractivity contribution is -0.128. The van der Waals surface area contributed by atoms with Gasteiger partial charge in [0.05, 0.1) is 32.3 Å². The molecule has 0 aliphatic heterocycles. The van der Waals surface area contributed by atoms with Crippen molar-refractivity contribution in [2.45, 2.75) is 59.7 Å². The number of benzene rings is 2. The number of H-pyrrole nitrogens is 1. The van der Waals surface area contributed by atoms with Crippen LogP contribution in [0.2, 0.25) is 0 Å². The van der Waals surface area contributed by atoms with Gasteiger partial charge in [-0.3, -0.25) is 4.57 Å². The number of nitrogens with two attached hydrogens (primary N) is 5. The minimum Gasteiger partial charge on any atom is -0.495 e. The number of hydrogen-bond donors (Lipinski definition) is 6. The van der Waals surface area contributed by atoms with Crippen LogP contribution in [0, 0.1) is 4.77 Å². The highest BCUT2D eigenvalue weighted by Gasteiger charge is 2.19. The Labute approximate surface area is 342 Å². The van der Waals surface area contributed by atoms with Gasteiger partial charge in [0.2, 0.25) is 11.9 Å². The molecule has 0 atom stereocenters. The zero-order valence-corrected chi connectivity index (χ0v) is 34.9. The van der Waals surface area contributed by atoms with Crippen molar-refractivity contribution in [2.24, 2.45) is 10.1 Å². The van der Waals surface area contributed by atoms with Gasteiger partial charge in [-0.2, -0.15) is 14.3 Å². The van der Waals surface area contributed by atoms with Crippen LogP contribution in [0.4, 0.5) is 29.2 Å². The van der Waals surface area contributed by atoms with E-state index < -0.39 is 0 Å². The fourth-order valence-electron chi connectivity index (χ4n) is 5.05. The van der Waals surface area contributed by atoms with Gasteiger partial charge in [-0.05, 0) is 50.0 Å². The average molecular weight is 825 g/mol. The zero-order valence-electron chi connectivity index (χ0n) is 33.3. The van der Waals surface area contributed by atoms with Crippen molar-refractivity contribution in [3.05, 3.63) is 65.0 Å². The maximum absolute atomic E-state index is 6.02. The Morgan fingerprint density at radius 2 is 1.23 bits per heavy atom. The highest BCUT2D eigenvalue weighted by atomic mass is 32.1. The summed E-state index contributed by atoms with van der Waals surface area (Å²) in [6.07, 6.45) is 6.24. The quantitative estimate of drug-likeness (QED) is 0.0474. The minimum atomic E-state index is -0.208. The highest BCUT2D eigenvalue weighted by Crippen LogP contribution is 2.41. The Morgan fingerprint density at radius 1 is 0.737 bits per heavy atom. The summed E-state index contributed by atoms with van der Waals surface area (Å²) in [5.74, 6) is 3.98. The maximum atomic E-state index is 6.02. The van der Waals surface area contributed by atoms with Crippen LogP contribution in [-0.4, -0.2) is 69.8 Å². The van der Waals surface area contributed by atoms with E-state index in [9.17, 15) is 0 Å². The van der Waals surface area contributed by atoms with Crippen LogP contribution in [0.5, 0.6) is 34.5 Å². The molecule has 0 unspecified atom stereocenters. The van der Waals surface area contributed by atoms with Crippen LogP contribution < -0.4 is 47.6 Å². The predicted octanol–water partition coefficient (Wildman–Crippen LogP) is 6.69. The van der Waals surface area contributed by atoms with Gasteiger partial charge < -0.3 is 62.1 Å². The summed E-state index contributed by atoms with van der Waals surface area (Å²) in [5.41, 5.74) is 31.1. The molecule has 5 rings (SSSR count). The first-order valence-electron chi connectivity index (χ1n) is 17.8. The average Bonchev–Trinajstić information content (AvgIpc) is 3.62. The molecule has 0 saturated carbocycles. The van der Waals surface area contributed by atoms with E-state index in [4.69, 9.17) is 81.7 Å². The summed E-state index contributed by atoms with van der Waals surface area (Å²) in [4.78, 5) is 18.6. The van der Waals surface area contributed by atoms with Crippen molar-refractivity contribution in [1.29, 1.82) is 0 Å². The molecule has 5 aromatic rings. The van der Waals surface area contributed by atoms with Gasteiger partial charge >= 0.3 is 0 Å². The Hall–Kier alpha value is -5.67. The van der Waals surface area contributed by atoms with E-state index >= 15 is 0 Å². The van der Waals surface area contributed by atoms with Gasteiger partial charge in [0, 0.05) is 67.8 Å². The van der Waals surface area contributed by atoms with Gasteiger partial charge in [-0.15, -0.1) is 0 Å². The summed E-state index contributed by atoms with van der Waals surface area (Å²) < 4.78 is 39.0. The molecule has 20 heteroatoms. The number of rotatable bonds is 15. The molecule has 2 aromatic carbocycles. The molecule has 3 aromatic heterocycles. The van der Waals surface area contributed by atoms with Crippen molar-refractivity contribution in [3.8, 4) is 40.2 Å². The minimum absolute atomic E-state index is 0.0879. The molecule has 57 heavy (non-hydrogen) atoms. The maximum Gasteiger partial charge on any atom is 0.222 e. The first-order chi connectivity index (χ1) is 27.2. The molecule has 11 N–H and O–H groups in total. The smallest absolute Gasteiger partial charge is 0.222 e. The van der Waals surface area contributed by atoms with Crippen LogP contribution in [-0.2, 0) is 21.9 Å². The summed E-state index contributed by atoms with van der Waals surface area (Å²) >= 11 is 10.1. The first-order valence-corrected chi connectivity index (χ1v) is 18.6. The van der Waals surface area contributed by atoms with E-state index in [1.807, 2.05) is 52.1 Å². The summed E-state index contributed by atoms with van der Waals surface area (Å²) in [6, 6.07) is 7.34. The fraction of sp³-hybridized carbons (Fsp3) is 0.378. The monoisotopic (exact) mass is 824 g/mol. The summed E-state index contributed by atoms with van der Waals surface area (Å²) in [5, 5.41) is 0. The molecule has 0 fully saturated rings. The van der Waals surface area contributed by atoms with Crippen LogP contribution in [0.25, 0.3) is 5.69 Å². The number of anilines is 4. The van der Waals surface area contributed by atoms with E-state index in [0.29, 0.717) is 64.7 Å². The van der Waals surface area contributed by atoms with Gasteiger partial charge in [-0.1, -0.05) is 27.7 Å². The lowest BCUT2D eigenvalue weighted by atomic mass is 10.0. The van der Waals surface area contributed by atoms with Gasteiger partial charge in [-0.25, -0.2) is 9.97 Å². The second-order valence-electron chi connectivity index (χ2n) is 12.4. The van der Waals surface area contributed by atoms with E-state index in [-0.39, 0.29) is 41.7 Å². The molecule has 18 nitrogen and oxygen atoms in total. The first kappa shape index (κ1) is 45.7. The number of methoxy groups -OCH3 is 2. The molecule has 0 spiro atoms. The van der Waals surface area contributed by atoms with Crippen molar-refractivity contribution >= 4 is 53.9 Å².